The molecule has 0 radical (unpaired) electrons. The first-order chi connectivity index (χ1) is 16.0. The van der Waals surface area contributed by atoms with Gasteiger partial charge in [-0.25, -0.2) is 0 Å². The van der Waals surface area contributed by atoms with Crippen molar-refractivity contribution < 1.29 is 19.4 Å². The Hall–Kier alpha value is -0.780. The van der Waals surface area contributed by atoms with Crippen molar-refractivity contribution in [3.05, 3.63) is 0 Å². The average molecular weight is 474 g/mol. The van der Waals surface area contributed by atoms with Gasteiger partial charge in [0.2, 0.25) is 0 Å². The van der Waals surface area contributed by atoms with E-state index >= 15 is 0 Å². The molecule has 192 valence electrons. The standard InChI is InChI=1S/C29H47NO4/c1-17(2)12-20-16-30(10-11-34-20)24-14-28(4)19(13-25(24)32)6-7-21-23-9-8-22(18(3)31)29(23,5)15-26(33)27(21)28/h17,19-25,27,32H,6-16H2,1-5H3/t19-,20+,21-,22+,23-,24-,25-,27+,28-,29+/m0/s1. The first kappa shape index (κ1) is 24.9. The van der Waals surface area contributed by atoms with Gasteiger partial charge in [-0.2, -0.15) is 0 Å². The molecule has 4 aliphatic carbocycles. The van der Waals surface area contributed by atoms with Crippen LogP contribution in [0.2, 0.25) is 0 Å². The zero-order chi connectivity index (χ0) is 24.4. The molecule has 1 N–H and O–H groups in total. The van der Waals surface area contributed by atoms with Crippen LogP contribution in [0.1, 0.15) is 86.0 Å². The topological polar surface area (TPSA) is 66.8 Å². The number of Topliss-reactive ketones (excluding diaryl/α,β-unsaturated/α-hetero) is 2. The summed E-state index contributed by atoms with van der Waals surface area (Å²) < 4.78 is 6.06. The number of aliphatic hydroxyl groups excluding tert-OH is 1. The van der Waals surface area contributed by atoms with Gasteiger partial charge < -0.3 is 9.84 Å². The lowest BCUT2D eigenvalue weighted by Gasteiger charge is -2.61. The number of fused-ring (bicyclic) bond motifs is 5. The third kappa shape index (κ3) is 3.93. The molecule has 0 aromatic rings. The molecule has 0 bridgehead atoms. The molecule has 0 amide bonds. The molecular formula is C29H47NO4. The number of ketones is 2. The number of aliphatic hydroxyl groups is 1. The van der Waals surface area contributed by atoms with Crippen molar-refractivity contribution in [1.82, 2.24) is 4.90 Å². The van der Waals surface area contributed by atoms with E-state index in [4.69, 9.17) is 4.74 Å². The SMILES string of the molecule is CC(=O)[C@H]1CC[C@H]2[C@@H]3CC[C@H]4C[C@H](O)[C@@H](N5CCO[C@H](CC(C)C)C5)C[C@]4(C)[C@H]3C(=O)C[C@]12C. The van der Waals surface area contributed by atoms with Crippen LogP contribution in [0.15, 0.2) is 0 Å². The predicted octanol–water partition coefficient (Wildman–Crippen LogP) is 4.50. The van der Waals surface area contributed by atoms with Crippen molar-refractivity contribution in [2.45, 2.75) is 104 Å². The van der Waals surface area contributed by atoms with Gasteiger partial charge in [-0.3, -0.25) is 14.5 Å². The molecule has 0 unspecified atom stereocenters. The summed E-state index contributed by atoms with van der Waals surface area (Å²) in [5.74, 6) is 2.77. The highest BCUT2D eigenvalue weighted by Crippen LogP contribution is 2.66. The summed E-state index contributed by atoms with van der Waals surface area (Å²) in [4.78, 5) is 28.9. The maximum Gasteiger partial charge on any atom is 0.137 e. The van der Waals surface area contributed by atoms with Gasteiger partial charge in [0, 0.05) is 37.4 Å². The molecular weight excluding hydrogens is 426 g/mol. The van der Waals surface area contributed by atoms with Gasteiger partial charge in [0.25, 0.3) is 0 Å². The van der Waals surface area contributed by atoms with Gasteiger partial charge in [-0.1, -0.05) is 27.7 Å². The van der Waals surface area contributed by atoms with Crippen LogP contribution in [0.4, 0.5) is 0 Å². The molecule has 5 rings (SSSR count). The number of carbonyl (C=O) groups is 2. The van der Waals surface area contributed by atoms with E-state index in [-0.39, 0.29) is 46.7 Å². The number of hydrogen-bond acceptors (Lipinski definition) is 5. The summed E-state index contributed by atoms with van der Waals surface area (Å²) in [5, 5.41) is 11.3. The van der Waals surface area contributed by atoms with E-state index in [2.05, 4.69) is 32.6 Å². The second-order valence-electron chi connectivity index (χ2n) is 13.6. The Morgan fingerprint density at radius 3 is 2.65 bits per heavy atom. The summed E-state index contributed by atoms with van der Waals surface area (Å²) in [7, 11) is 0. The molecule has 0 spiro atoms. The Kier molecular flexibility index (Phi) is 6.56. The molecule has 0 aromatic carbocycles. The van der Waals surface area contributed by atoms with Crippen molar-refractivity contribution in [3.63, 3.8) is 0 Å². The Labute approximate surface area is 206 Å². The minimum atomic E-state index is -0.315. The fraction of sp³-hybridized carbons (Fsp3) is 0.931. The Morgan fingerprint density at radius 1 is 1.18 bits per heavy atom. The molecule has 5 fully saturated rings. The van der Waals surface area contributed by atoms with Crippen molar-refractivity contribution >= 4 is 11.6 Å². The third-order valence-corrected chi connectivity index (χ3v) is 11.2. The smallest absolute Gasteiger partial charge is 0.137 e. The third-order valence-electron chi connectivity index (χ3n) is 11.2. The molecule has 1 aliphatic heterocycles. The number of nitrogens with zero attached hydrogens (tertiary/aromatic N) is 1. The second kappa shape index (κ2) is 8.95. The van der Waals surface area contributed by atoms with E-state index in [1.165, 1.54) is 0 Å². The van der Waals surface area contributed by atoms with Crippen molar-refractivity contribution in [3.8, 4) is 0 Å². The van der Waals surface area contributed by atoms with E-state index < -0.39 is 0 Å². The molecule has 10 atom stereocenters. The summed E-state index contributed by atoms with van der Waals surface area (Å²) >= 11 is 0. The van der Waals surface area contributed by atoms with E-state index in [0.717, 1.165) is 64.6 Å². The van der Waals surface area contributed by atoms with Crippen LogP contribution < -0.4 is 0 Å². The summed E-state index contributed by atoms with van der Waals surface area (Å²) in [6, 6.07) is 0.119. The maximum absolute atomic E-state index is 13.9. The van der Waals surface area contributed by atoms with Crippen molar-refractivity contribution in [1.29, 1.82) is 0 Å². The molecule has 5 heteroatoms. The lowest BCUT2D eigenvalue weighted by atomic mass is 9.43. The fourth-order valence-corrected chi connectivity index (χ4v) is 9.85. The molecule has 4 saturated carbocycles. The van der Waals surface area contributed by atoms with E-state index in [1.807, 2.05) is 0 Å². The summed E-state index contributed by atoms with van der Waals surface area (Å²) in [5.41, 5.74) is -0.194. The highest BCUT2D eigenvalue weighted by atomic mass is 16.5. The fourth-order valence-electron chi connectivity index (χ4n) is 9.85. The Bertz CT molecular complexity index is 812. The van der Waals surface area contributed by atoms with Gasteiger partial charge in [-0.15, -0.1) is 0 Å². The van der Waals surface area contributed by atoms with E-state index in [9.17, 15) is 14.7 Å². The normalized spacial score (nSPS) is 49.4. The van der Waals surface area contributed by atoms with Crippen LogP contribution in [-0.2, 0) is 14.3 Å². The number of morpholine rings is 1. The van der Waals surface area contributed by atoms with Crippen LogP contribution in [0.3, 0.4) is 0 Å². The summed E-state index contributed by atoms with van der Waals surface area (Å²) in [6.07, 6.45) is 7.56. The van der Waals surface area contributed by atoms with Crippen LogP contribution in [0.5, 0.6) is 0 Å². The molecule has 0 aromatic heterocycles. The number of rotatable bonds is 4. The predicted molar refractivity (Wildman–Crippen MR) is 132 cm³/mol. The van der Waals surface area contributed by atoms with Crippen molar-refractivity contribution in [2.75, 3.05) is 19.7 Å². The quantitative estimate of drug-likeness (QED) is 0.651. The van der Waals surface area contributed by atoms with Gasteiger partial charge in [-0.05, 0) is 86.4 Å². The molecule has 1 heterocycles. The van der Waals surface area contributed by atoms with Crippen LogP contribution in [-0.4, -0.2) is 59.5 Å². The van der Waals surface area contributed by atoms with Crippen LogP contribution in [0.25, 0.3) is 0 Å². The zero-order valence-electron chi connectivity index (χ0n) is 22.1. The molecule has 5 nitrogen and oxygen atoms in total. The lowest BCUT2D eigenvalue weighted by Crippen LogP contribution is -2.63. The number of carbonyl (C=O) groups excluding carboxylic acids is 2. The minimum Gasteiger partial charge on any atom is -0.391 e. The maximum atomic E-state index is 13.9. The highest BCUT2D eigenvalue weighted by molar-refractivity contribution is 5.87. The van der Waals surface area contributed by atoms with E-state index in [0.29, 0.717) is 35.9 Å². The average Bonchev–Trinajstić information content (AvgIpc) is 3.10. The minimum absolute atomic E-state index is 0.0502. The van der Waals surface area contributed by atoms with Crippen molar-refractivity contribution in [2.24, 2.45) is 46.3 Å². The van der Waals surface area contributed by atoms with Gasteiger partial charge in [0.1, 0.15) is 11.6 Å². The largest absolute Gasteiger partial charge is 0.391 e. The Morgan fingerprint density at radius 2 is 1.94 bits per heavy atom. The Balaban J connectivity index is 1.39. The first-order valence-corrected chi connectivity index (χ1v) is 14.1. The zero-order valence-corrected chi connectivity index (χ0v) is 22.1. The monoisotopic (exact) mass is 473 g/mol. The number of hydrogen-bond donors (Lipinski definition) is 1. The van der Waals surface area contributed by atoms with Gasteiger partial charge >= 0.3 is 0 Å². The number of ether oxygens (including phenoxy) is 1. The van der Waals surface area contributed by atoms with E-state index in [1.54, 1.807) is 6.92 Å². The second-order valence-corrected chi connectivity index (χ2v) is 13.6. The molecule has 5 aliphatic rings. The lowest BCUT2D eigenvalue weighted by molar-refractivity contribution is -0.173. The first-order valence-electron chi connectivity index (χ1n) is 14.1. The highest BCUT2D eigenvalue weighted by Gasteiger charge is 2.64. The van der Waals surface area contributed by atoms with Crippen LogP contribution in [0, 0.1) is 46.3 Å². The molecule has 34 heavy (non-hydrogen) atoms. The van der Waals surface area contributed by atoms with Gasteiger partial charge in [0.15, 0.2) is 0 Å². The molecule has 1 saturated heterocycles. The summed E-state index contributed by atoms with van der Waals surface area (Å²) in [6.45, 7) is 13.4. The van der Waals surface area contributed by atoms with Gasteiger partial charge in [0.05, 0.1) is 18.8 Å². The van der Waals surface area contributed by atoms with Crippen LogP contribution >= 0.6 is 0 Å².